The number of hydrogen-bond acceptors (Lipinski definition) is 6. The third kappa shape index (κ3) is 5.40. The van der Waals surface area contributed by atoms with Crippen molar-refractivity contribution in [1.29, 1.82) is 0 Å². The van der Waals surface area contributed by atoms with Crippen LogP contribution in [0.15, 0.2) is 45.8 Å². The second-order valence-electron chi connectivity index (χ2n) is 6.11. The molecular weight excluding hydrogens is 502 g/mol. The lowest BCUT2D eigenvalue weighted by molar-refractivity contribution is 0.0693. The van der Waals surface area contributed by atoms with E-state index in [1.165, 1.54) is 24.3 Å². The van der Waals surface area contributed by atoms with Crippen LogP contribution in [0.3, 0.4) is 0 Å². The summed E-state index contributed by atoms with van der Waals surface area (Å²) in [7, 11) is -4.08. The highest BCUT2D eigenvalue weighted by Crippen LogP contribution is 2.39. The molecule has 0 atom stereocenters. The van der Waals surface area contributed by atoms with Gasteiger partial charge in [0.1, 0.15) is 9.88 Å². The predicted octanol–water partition coefficient (Wildman–Crippen LogP) is 4.28. The van der Waals surface area contributed by atoms with Crippen molar-refractivity contribution in [3.05, 3.63) is 51.5 Å². The fraction of sp³-hybridized carbons (Fsp3) is 0.316. The molecule has 2 aromatic rings. The standard InChI is InChI=1S/C19H19BrClNO5S2/c1-2-26-17-12-13(19(28)22-7-9-25-10-8-22)11-16(20)18(17)27-29(23,24)15-5-3-14(21)4-6-15/h3-6,11-12H,2,7-10H2,1H3. The zero-order valence-corrected chi connectivity index (χ0v) is 19.5. The fourth-order valence-electron chi connectivity index (χ4n) is 2.74. The molecule has 2 aromatic carbocycles. The number of benzene rings is 2. The van der Waals surface area contributed by atoms with Gasteiger partial charge in [-0.25, -0.2) is 0 Å². The molecule has 0 bridgehead atoms. The lowest BCUT2D eigenvalue weighted by Gasteiger charge is -2.29. The summed E-state index contributed by atoms with van der Waals surface area (Å²) in [6.07, 6.45) is 0. The molecule has 1 aliphatic heterocycles. The normalized spacial score (nSPS) is 14.5. The Morgan fingerprint density at radius 1 is 1.24 bits per heavy atom. The number of rotatable bonds is 6. The van der Waals surface area contributed by atoms with E-state index in [4.69, 9.17) is 37.5 Å². The third-order valence-electron chi connectivity index (χ3n) is 4.15. The van der Waals surface area contributed by atoms with Gasteiger partial charge >= 0.3 is 10.1 Å². The number of halogens is 2. The monoisotopic (exact) mass is 519 g/mol. The third-order valence-corrected chi connectivity index (χ3v) is 6.72. The first kappa shape index (κ1) is 22.3. The largest absolute Gasteiger partial charge is 0.490 e. The summed E-state index contributed by atoms with van der Waals surface area (Å²) in [5, 5.41) is 0.432. The van der Waals surface area contributed by atoms with E-state index >= 15 is 0 Å². The quantitative estimate of drug-likeness (QED) is 0.416. The zero-order valence-electron chi connectivity index (χ0n) is 15.6. The molecule has 29 heavy (non-hydrogen) atoms. The predicted molar refractivity (Wildman–Crippen MR) is 119 cm³/mol. The lowest BCUT2D eigenvalue weighted by Crippen LogP contribution is -2.40. The number of nitrogens with zero attached hydrogens (tertiary/aromatic N) is 1. The summed E-state index contributed by atoms with van der Waals surface area (Å²) < 4.78 is 42.2. The molecule has 3 rings (SSSR count). The summed E-state index contributed by atoms with van der Waals surface area (Å²) in [5.74, 6) is 0.348. The molecule has 0 aromatic heterocycles. The van der Waals surface area contributed by atoms with Crippen LogP contribution in [0.4, 0.5) is 0 Å². The molecule has 0 aliphatic carbocycles. The maximum Gasteiger partial charge on any atom is 0.339 e. The van der Waals surface area contributed by atoms with Crippen molar-refractivity contribution >= 4 is 54.9 Å². The highest BCUT2D eigenvalue weighted by Gasteiger charge is 2.24. The van der Waals surface area contributed by atoms with Gasteiger partial charge in [-0.05, 0) is 59.3 Å². The Bertz CT molecular complexity index is 992. The van der Waals surface area contributed by atoms with Crippen LogP contribution in [0.5, 0.6) is 11.5 Å². The number of thiocarbonyl (C=S) groups is 1. The van der Waals surface area contributed by atoms with Crippen molar-refractivity contribution < 1.29 is 22.1 Å². The van der Waals surface area contributed by atoms with Gasteiger partial charge in [0.05, 0.1) is 24.3 Å². The summed E-state index contributed by atoms with van der Waals surface area (Å²) >= 11 is 14.8. The van der Waals surface area contributed by atoms with Crippen molar-refractivity contribution in [2.24, 2.45) is 0 Å². The molecule has 1 fully saturated rings. The van der Waals surface area contributed by atoms with Crippen molar-refractivity contribution in [3.63, 3.8) is 0 Å². The molecule has 0 saturated carbocycles. The number of ether oxygens (including phenoxy) is 2. The summed E-state index contributed by atoms with van der Waals surface area (Å²) in [6.45, 7) is 4.75. The zero-order chi connectivity index (χ0) is 21.0. The molecule has 1 heterocycles. The summed E-state index contributed by atoms with van der Waals surface area (Å²) in [5.41, 5.74) is 0.730. The van der Waals surface area contributed by atoms with Gasteiger partial charge in [0.25, 0.3) is 0 Å². The molecule has 10 heteroatoms. The smallest absolute Gasteiger partial charge is 0.339 e. The summed E-state index contributed by atoms with van der Waals surface area (Å²) in [4.78, 5) is 2.67. The summed E-state index contributed by atoms with van der Waals surface area (Å²) in [6, 6.07) is 9.16. The van der Waals surface area contributed by atoms with E-state index in [1.54, 1.807) is 19.1 Å². The van der Waals surface area contributed by atoms with Crippen molar-refractivity contribution in [1.82, 2.24) is 4.90 Å². The van der Waals surface area contributed by atoms with E-state index in [1.807, 2.05) is 4.90 Å². The Morgan fingerprint density at radius 2 is 1.90 bits per heavy atom. The number of hydrogen-bond donors (Lipinski definition) is 0. The molecule has 0 spiro atoms. The highest BCUT2D eigenvalue weighted by atomic mass is 79.9. The average Bonchev–Trinajstić information content (AvgIpc) is 2.71. The Labute approximate surface area is 189 Å². The van der Waals surface area contributed by atoms with E-state index in [-0.39, 0.29) is 16.4 Å². The van der Waals surface area contributed by atoms with Crippen molar-refractivity contribution in [3.8, 4) is 11.5 Å². The molecule has 0 unspecified atom stereocenters. The van der Waals surface area contributed by atoms with Crippen LogP contribution >= 0.6 is 39.7 Å². The molecule has 1 aliphatic rings. The van der Waals surface area contributed by atoms with E-state index in [9.17, 15) is 8.42 Å². The molecule has 1 saturated heterocycles. The van der Waals surface area contributed by atoms with Crippen LogP contribution in [-0.2, 0) is 14.9 Å². The molecule has 6 nitrogen and oxygen atoms in total. The van der Waals surface area contributed by atoms with Gasteiger partial charge in [-0.1, -0.05) is 23.8 Å². The Balaban J connectivity index is 1.94. The van der Waals surface area contributed by atoms with Crippen LogP contribution in [0.2, 0.25) is 5.02 Å². The molecule has 156 valence electrons. The molecule has 0 amide bonds. The van der Waals surface area contributed by atoms with Gasteiger partial charge in [-0.2, -0.15) is 8.42 Å². The van der Waals surface area contributed by atoms with Gasteiger partial charge in [-0.3, -0.25) is 0 Å². The van der Waals surface area contributed by atoms with Crippen LogP contribution in [0.25, 0.3) is 0 Å². The van der Waals surface area contributed by atoms with Gasteiger partial charge < -0.3 is 18.6 Å². The fourth-order valence-corrected chi connectivity index (χ4v) is 4.76. The van der Waals surface area contributed by atoms with Gasteiger partial charge in [0.2, 0.25) is 0 Å². The molecular formula is C19H19BrClNO5S2. The Morgan fingerprint density at radius 3 is 2.52 bits per heavy atom. The van der Waals surface area contributed by atoms with Crippen LogP contribution < -0.4 is 8.92 Å². The van der Waals surface area contributed by atoms with E-state index < -0.39 is 10.1 Å². The SMILES string of the molecule is CCOc1cc(C(=S)N2CCOCC2)cc(Br)c1OS(=O)(=O)c1ccc(Cl)cc1. The van der Waals surface area contributed by atoms with Crippen LogP contribution in [-0.4, -0.2) is 51.2 Å². The molecule has 0 N–H and O–H groups in total. The van der Waals surface area contributed by atoms with Crippen molar-refractivity contribution in [2.45, 2.75) is 11.8 Å². The van der Waals surface area contributed by atoms with Gasteiger partial charge in [0.15, 0.2) is 11.5 Å². The van der Waals surface area contributed by atoms with Crippen LogP contribution in [0.1, 0.15) is 12.5 Å². The van der Waals surface area contributed by atoms with Crippen LogP contribution in [0, 0.1) is 0 Å². The lowest BCUT2D eigenvalue weighted by atomic mass is 10.1. The van der Waals surface area contributed by atoms with Gasteiger partial charge in [-0.15, -0.1) is 0 Å². The Kier molecular flexibility index (Phi) is 7.39. The minimum atomic E-state index is -4.08. The minimum Gasteiger partial charge on any atom is -0.490 e. The first-order valence-electron chi connectivity index (χ1n) is 8.85. The topological polar surface area (TPSA) is 65.1 Å². The highest BCUT2D eigenvalue weighted by molar-refractivity contribution is 9.10. The van der Waals surface area contributed by atoms with Gasteiger partial charge in [0, 0.05) is 23.7 Å². The second-order valence-corrected chi connectivity index (χ2v) is 9.34. The second kappa shape index (κ2) is 9.61. The Hall–Kier alpha value is -1.39. The minimum absolute atomic E-state index is 0.0100. The maximum atomic E-state index is 12.7. The first-order chi connectivity index (χ1) is 13.8. The van der Waals surface area contributed by atoms with E-state index in [2.05, 4.69) is 15.9 Å². The van der Waals surface area contributed by atoms with E-state index in [0.717, 1.165) is 5.56 Å². The number of morpholine rings is 1. The average molecular weight is 521 g/mol. The van der Waals surface area contributed by atoms with Crippen molar-refractivity contribution in [2.75, 3.05) is 32.9 Å². The molecule has 0 radical (unpaired) electrons. The van der Waals surface area contributed by atoms with E-state index in [0.29, 0.717) is 47.4 Å². The first-order valence-corrected chi connectivity index (χ1v) is 11.8. The maximum absolute atomic E-state index is 12.7.